The van der Waals surface area contributed by atoms with E-state index in [-0.39, 0.29) is 12.0 Å². The Bertz CT molecular complexity index is 243. The number of hydrogen-bond acceptors (Lipinski definition) is 4. The van der Waals surface area contributed by atoms with E-state index in [0.29, 0.717) is 0 Å². The van der Waals surface area contributed by atoms with Gasteiger partial charge in [-0.1, -0.05) is 46.4 Å². The summed E-state index contributed by atoms with van der Waals surface area (Å²) in [6.45, 7) is 0. The number of phosphoric acid groups is 1. The zero-order chi connectivity index (χ0) is 9.62. The summed E-state index contributed by atoms with van der Waals surface area (Å²) < 4.78 is 15.1. The molecule has 1 rings (SSSR count). The van der Waals surface area contributed by atoms with Crippen LogP contribution in [0.25, 0.3) is 0 Å². The summed E-state index contributed by atoms with van der Waals surface area (Å²) in [4.78, 5) is 8.75. The first-order chi connectivity index (χ1) is 5.16. The van der Waals surface area contributed by atoms with Crippen molar-refractivity contribution in [3.63, 3.8) is 0 Å². The highest BCUT2D eigenvalue weighted by Gasteiger charge is 2.59. The van der Waals surface area contributed by atoms with Gasteiger partial charge >= 0.3 is 7.82 Å². The van der Waals surface area contributed by atoms with Gasteiger partial charge < -0.3 is 4.89 Å². The van der Waals surface area contributed by atoms with Gasteiger partial charge in [-0.2, -0.15) is 0 Å². The lowest BCUT2D eigenvalue weighted by molar-refractivity contribution is 0.156. The van der Waals surface area contributed by atoms with Gasteiger partial charge in [-0.15, -0.1) is 0 Å². The lowest BCUT2D eigenvalue weighted by Crippen LogP contribution is -2.38. The van der Waals surface area contributed by atoms with Crippen LogP contribution in [0.2, 0.25) is 0 Å². The summed E-state index contributed by atoms with van der Waals surface area (Å²) in [7, 11) is -4.26. The van der Waals surface area contributed by atoms with Crippen molar-refractivity contribution in [2.24, 2.45) is 0 Å². The Morgan fingerprint density at radius 1 is 1.33 bits per heavy atom. The van der Waals surface area contributed by atoms with Crippen molar-refractivity contribution < 1.29 is 18.0 Å². The van der Waals surface area contributed by atoms with Gasteiger partial charge in [0.1, 0.15) is 0 Å². The van der Waals surface area contributed by atoms with Crippen LogP contribution in [0.15, 0.2) is 0 Å². The van der Waals surface area contributed by atoms with Gasteiger partial charge in [0, 0.05) is 12.0 Å². The standard InChI is InChI=1S/C2HCl4O4PS/c3-1(4)2(5,6)12-10-11(7,8)9-1/h(H,7,8). The smallest absolute Gasteiger partial charge is 0.302 e. The van der Waals surface area contributed by atoms with Crippen molar-refractivity contribution in [2.45, 2.75) is 8.18 Å². The Labute approximate surface area is 92.2 Å². The summed E-state index contributed by atoms with van der Waals surface area (Å²) in [5, 5.41) is 0. The van der Waals surface area contributed by atoms with Gasteiger partial charge in [0.05, 0.1) is 0 Å². The van der Waals surface area contributed by atoms with Gasteiger partial charge in [-0.05, 0) is 0 Å². The first-order valence-corrected chi connectivity index (χ1v) is 6.08. The second-order valence-corrected chi connectivity index (χ2v) is 7.28. The number of halogens is 4. The highest BCUT2D eigenvalue weighted by atomic mass is 35.5. The molecule has 0 aliphatic carbocycles. The molecule has 1 N–H and O–H groups in total. The maximum absolute atomic E-state index is 10.7. The van der Waals surface area contributed by atoms with Crippen molar-refractivity contribution in [2.75, 3.05) is 0 Å². The number of alkyl halides is 4. The molecular weight excluding hydrogens is 293 g/mol. The molecule has 4 nitrogen and oxygen atoms in total. The minimum Gasteiger partial charge on any atom is -0.302 e. The molecule has 72 valence electrons. The largest absolute Gasteiger partial charge is 0.486 e. The van der Waals surface area contributed by atoms with Crippen LogP contribution in [0, 0.1) is 0 Å². The summed E-state index contributed by atoms with van der Waals surface area (Å²) >= 11 is 22.0. The van der Waals surface area contributed by atoms with E-state index in [2.05, 4.69) is 8.49 Å². The van der Waals surface area contributed by atoms with Crippen molar-refractivity contribution in [1.29, 1.82) is 0 Å². The van der Waals surface area contributed by atoms with E-state index in [1.54, 1.807) is 0 Å². The highest BCUT2D eigenvalue weighted by Crippen LogP contribution is 2.67. The number of phosphoric ester groups is 1. The van der Waals surface area contributed by atoms with Crippen molar-refractivity contribution in [3.8, 4) is 0 Å². The van der Waals surface area contributed by atoms with E-state index in [9.17, 15) is 4.57 Å². The van der Waals surface area contributed by atoms with Crippen LogP contribution in [-0.2, 0) is 13.1 Å². The van der Waals surface area contributed by atoms with Gasteiger partial charge in [0.25, 0.3) is 4.52 Å². The van der Waals surface area contributed by atoms with E-state index in [4.69, 9.17) is 51.3 Å². The SMILES string of the molecule is O=P1(O)OSC(Cl)(Cl)C(Cl)(Cl)O1. The maximum Gasteiger partial charge on any atom is 0.486 e. The minimum absolute atomic E-state index is 0.263. The molecular formula is C2HCl4O4PS. The van der Waals surface area contributed by atoms with Gasteiger partial charge in [0.15, 0.2) is 0 Å². The van der Waals surface area contributed by atoms with E-state index in [1.807, 2.05) is 0 Å². The second kappa shape index (κ2) is 3.33. The zero-order valence-corrected chi connectivity index (χ0v) is 9.77. The fourth-order valence-electron chi connectivity index (χ4n) is 0.356. The molecule has 1 unspecified atom stereocenters. The topological polar surface area (TPSA) is 55.8 Å². The van der Waals surface area contributed by atoms with Crippen LogP contribution < -0.4 is 0 Å². The fourth-order valence-corrected chi connectivity index (χ4v) is 3.26. The van der Waals surface area contributed by atoms with Crippen LogP contribution >= 0.6 is 66.3 Å². The molecule has 1 fully saturated rings. The third kappa shape index (κ3) is 2.35. The number of rotatable bonds is 0. The quantitative estimate of drug-likeness (QED) is 0.423. The van der Waals surface area contributed by atoms with Gasteiger partial charge in [0.2, 0.25) is 3.67 Å². The van der Waals surface area contributed by atoms with E-state index in [0.717, 1.165) is 0 Å². The van der Waals surface area contributed by atoms with Crippen LogP contribution in [0.3, 0.4) is 0 Å². The first kappa shape index (κ1) is 11.7. The summed E-state index contributed by atoms with van der Waals surface area (Å²) in [5.74, 6) is 0. The molecule has 1 aliphatic heterocycles. The molecule has 1 atom stereocenters. The van der Waals surface area contributed by atoms with Crippen molar-refractivity contribution >= 4 is 66.3 Å². The van der Waals surface area contributed by atoms with Crippen molar-refractivity contribution in [3.05, 3.63) is 0 Å². The van der Waals surface area contributed by atoms with E-state index < -0.39 is 16.0 Å². The van der Waals surface area contributed by atoms with E-state index in [1.165, 1.54) is 0 Å². The molecule has 1 heterocycles. The molecule has 1 aliphatic rings. The molecule has 1 saturated heterocycles. The predicted octanol–water partition coefficient (Wildman–Crippen LogP) is 3.04. The first-order valence-electron chi connectivity index (χ1n) is 2.33. The van der Waals surface area contributed by atoms with Crippen molar-refractivity contribution in [1.82, 2.24) is 0 Å². The van der Waals surface area contributed by atoms with Gasteiger partial charge in [-0.3, -0.25) is 0 Å². The Morgan fingerprint density at radius 2 is 1.83 bits per heavy atom. The number of hydrogen-bond donors (Lipinski definition) is 1. The molecule has 0 spiro atoms. The monoisotopic (exact) mass is 292 g/mol. The normalized spacial score (nSPS) is 39.4. The minimum atomic E-state index is -4.26. The van der Waals surface area contributed by atoms with Crippen LogP contribution in [0.5, 0.6) is 0 Å². The summed E-state index contributed by atoms with van der Waals surface area (Å²) in [6, 6.07) is 0. The zero-order valence-electron chi connectivity index (χ0n) is 5.04. The average Bonchev–Trinajstić information content (AvgIpc) is 1.79. The fraction of sp³-hybridized carbons (Fsp3) is 1.00. The van der Waals surface area contributed by atoms with E-state index >= 15 is 0 Å². The molecule has 0 aromatic rings. The molecule has 0 saturated carbocycles. The Hall–Kier alpha value is 1.62. The predicted molar refractivity (Wildman–Crippen MR) is 48.5 cm³/mol. The molecule has 0 bridgehead atoms. The highest BCUT2D eigenvalue weighted by molar-refractivity contribution is 8.02. The van der Waals surface area contributed by atoms with Crippen LogP contribution in [0.1, 0.15) is 0 Å². The Morgan fingerprint density at radius 3 is 2.17 bits per heavy atom. The molecule has 0 aromatic heterocycles. The molecule has 0 aromatic carbocycles. The summed E-state index contributed by atoms with van der Waals surface area (Å²) in [5.41, 5.74) is 0. The average molecular weight is 294 g/mol. The molecule has 10 heteroatoms. The Balaban J connectivity index is 2.89. The van der Waals surface area contributed by atoms with Crippen LogP contribution in [-0.4, -0.2) is 13.1 Å². The summed E-state index contributed by atoms with van der Waals surface area (Å²) in [6.07, 6.45) is 0. The molecule has 12 heavy (non-hydrogen) atoms. The van der Waals surface area contributed by atoms with Gasteiger partial charge in [-0.25, -0.2) is 13.1 Å². The molecule has 0 amide bonds. The third-order valence-corrected chi connectivity index (χ3v) is 5.32. The second-order valence-electron chi connectivity index (χ2n) is 1.75. The third-order valence-electron chi connectivity index (χ3n) is 0.805. The molecule has 0 radical (unpaired) electrons. The maximum atomic E-state index is 10.7. The Kier molecular flexibility index (Phi) is 3.25. The van der Waals surface area contributed by atoms with Crippen LogP contribution in [0.4, 0.5) is 0 Å². The lowest BCUT2D eigenvalue weighted by atomic mass is 10.8. The lowest BCUT2D eigenvalue weighted by Gasteiger charge is -2.35.